The number of hydrogen-bond donors (Lipinski definition) is 1. The molecule has 1 aromatic carbocycles. The van der Waals surface area contributed by atoms with Gasteiger partial charge in [-0.3, -0.25) is 0 Å². The molecule has 4 nitrogen and oxygen atoms in total. The molecule has 0 saturated carbocycles. The van der Waals surface area contributed by atoms with Gasteiger partial charge in [-0.2, -0.15) is 0 Å². The maximum Gasteiger partial charge on any atom is 0.195 e. The second kappa shape index (κ2) is 5.01. The third-order valence-corrected chi connectivity index (χ3v) is 3.90. The SMILES string of the molecule is CCc1nc2cc(NC(C)c3nccs3)ccc2o1. The molecule has 1 unspecified atom stereocenters. The fourth-order valence-corrected chi connectivity index (χ4v) is 2.62. The van der Waals surface area contributed by atoms with Crippen molar-refractivity contribution >= 4 is 28.1 Å². The molecule has 3 rings (SSSR count). The first-order valence-electron chi connectivity index (χ1n) is 6.31. The molecular formula is C14H15N3OS. The summed E-state index contributed by atoms with van der Waals surface area (Å²) in [5.74, 6) is 0.778. The molecular weight excluding hydrogens is 258 g/mol. The molecule has 0 radical (unpaired) electrons. The summed E-state index contributed by atoms with van der Waals surface area (Å²) in [6.45, 7) is 4.14. The molecule has 0 spiro atoms. The number of rotatable bonds is 4. The maximum atomic E-state index is 5.60. The average molecular weight is 273 g/mol. The van der Waals surface area contributed by atoms with Crippen LogP contribution in [-0.4, -0.2) is 9.97 Å². The number of anilines is 1. The van der Waals surface area contributed by atoms with Gasteiger partial charge in [0.2, 0.25) is 0 Å². The molecule has 5 heteroatoms. The van der Waals surface area contributed by atoms with Crippen LogP contribution in [0.15, 0.2) is 34.2 Å². The van der Waals surface area contributed by atoms with Gasteiger partial charge in [0.25, 0.3) is 0 Å². The lowest BCUT2D eigenvalue weighted by atomic mass is 10.2. The quantitative estimate of drug-likeness (QED) is 0.780. The summed E-state index contributed by atoms with van der Waals surface area (Å²) in [7, 11) is 0. The number of hydrogen-bond acceptors (Lipinski definition) is 5. The fourth-order valence-electron chi connectivity index (χ4n) is 1.98. The van der Waals surface area contributed by atoms with Gasteiger partial charge in [0, 0.05) is 23.7 Å². The number of aromatic nitrogens is 2. The van der Waals surface area contributed by atoms with Crippen LogP contribution in [0.5, 0.6) is 0 Å². The van der Waals surface area contributed by atoms with E-state index in [0.717, 1.165) is 34.1 Å². The summed E-state index contributed by atoms with van der Waals surface area (Å²) < 4.78 is 5.60. The Labute approximate surface area is 115 Å². The average Bonchev–Trinajstić information content (AvgIpc) is 3.07. The first-order chi connectivity index (χ1) is 9.26. The van der Waals surface area contributed by atoms with E-state index in [1.807, 2.05) is 36.7 Å². The van der Waals surface area contributed by atoms with E-state index in [9.17, 15) is 0 Å². The van der Waals surface area contributed by atoms with Gasteiger partial charge in [0.05, 0.1) is 6.04 Å². The van der Waals surface area contributed by atoms with Crippen molar-refractivity contribution in [2.45, 2.75) is 26.3 Å². The maximum absolute atomic E-state index is 5.60. The summed E-state index contributed by atoms with van der Waals surface area (Å²) in [5, 5.41) is 6.50. The number of thiazole rings is 1. The number of nitrogens with zero attached hydrogens (tertiary/aromatic N) is 2. The molecule has 0 saturated heterocycles. The number of benzene rings is 1. The van der Waals surface area contributed by atoms with Gasteiger partial charge in [-0.15, -0.1) is 11.3 Å². The highest BCUT2D eigenvalue weighted by Crippen LogP contribution is 2.24. The van der Waals surface area contributed by atoms with Gasteiger partial charge in [-0.25, -0.2) is 9.97 Å². The smallest absolute Gasteiger partial charge is 0.195 e. The zero-order valence-electron chi connectivity index (χ0n) is 10.9. The Balaban J connectivity index is 1.85. The van der Waals surface area contributed by atoms with Gasteiger partial charge >= 0.3 is 0 Å². The van der Waals surface area contributed by atoms with Gasteiger partial charge in [0.1, 0.15) is 10.5 Å². The highest BCUT2D eigenvalue weighted by atomic mass is 32.1. The summed E-state index contributed by atoms with van der Waals surface area (Å²) in [4.78, 5) is 8.76. The van der Waals surface area contributed by atoms with Crippen molar-refractivity contribution in [2.75, 3.05) is 5.32 Å². The van der Waals surface area contributed by atoms with Crippen molar-refractivity contribution < 1.29 is 4.42 Å². The number of fused-ring (bicyclic) bond motifs is 1. The zero-order chi connectivity index (χ0) is 13.2. The predicted molar refractivity (Wildman–Crippen MR) is 77.5 cm³/mol. The monoisotopic (exact) mass is 273 g/mol. The Morgan fingerprint density at radius 3 is 3.05 bits per heavy atom. The lowest BCUT2D eigenvalue weighted by molar-refractivity contribution is 0.538. The van der Waals surface area contributed by atoms with Crippen LogP contribution in [0.4, 0.5) is 5.69 Å². The van der Waals surface area contributed by atoms with Crippen molar-refractivity contribution in [2.24, 2.45) is 0 Å². The minimum Gasteiger partial charge on any atom is -0.441 e. The van der Waals surface area contributed by atoms with Gasteiger partial charge < -0.3 is 9.73 Å². The minimum atomic E-state index is 0.190. The molecule has 0 aliphatic heterocycles. The predicted octanol–water partition coefficient (Wildman–Crippen LogP) is 4.02. The molecule has 0 fully saturated rings. The Hall–Kier alpha value is -1.88. The van der Waals surface area contributed by atoms with Crippen molar-refractivity contribution in [1.29, 1.82) is 0 Å². The molecule has 0 aliphatic carbocycles. The van der Waals surface area contributed by atoms with Crippen LogP contribution in [0.1, 0.15) is 30.8 Å². The van der Waals surface area contributed by atoms with E-state index in [1.165, 1.54) is 0 Å². The van der Waals surface area contributed by atoms with Crippen LogP contribution in [0.25, 0.3) is 11.1 Å². The van der Waals surface area contributed by atoms with Gasteiger partial charge in [-0.05, 0) is 25.1 Å². The van der Waals surface area contributed by atoms with Crippen LogP contribution in [0, 0.1) is 0 Å². The van der Waals surface area contributed by atoms with E-state index >= 15 is 0 Å². The van der Waals surface area contributed by atoms with E-state index in [2.05, 4.69) is 22.2 Å². The molecule has 0 amide bonds. The number of nitrogens with one attached hydrogen (secondary N) is 1. The van der Waals surface area contributed by atoms with Gasteiger partial charge in [-0.1, -0.05) is 6.92 Å². The normalized spacial score (nSPS) is 12.7. The second-order valence-corrected chi connectivity index (χ2v) is 5.31. The first-order valence-corrected chi connectivity index (χ1v) is 7.19. The molecule has 2 aromatic heterocycles. The second-order valence-electron chi connectivity index (χ2n) is 4.38. The fraction of sp³-hybridized carbons (Fsp3) is 0.286. The highest BCUT2D eigenvalue weighted by Gasteiger charge is 2.09. The van der Waals surface area contributed by atoms with Crippen molar-refractivity contribution in [1.82, 2.24) is 9.97 Å². The van der Waals surface area contributed by atoms with Crippen molar-refractivity contribution in [3.63, 3.8) is 0 Å². The number of aryl methyl sites for hydroxylation is 1. The Morgan fingerprint density at radius 1 is 1.42 bits per heavy atom. The molecule has 2 heterocycles. The third kappa shape index (κ3) is 2.46. The first kappa shape index (κ1) is 12.2. The summed E-state index contributed by atoms with van der Waals surface area (Å²) in [6.07, 6.45) is 2.64. The Morgan fingerprint density at radius 2 is 2.32 bits per heavy atom. The van der Waals surface area contributed by atoms with E-state index in [0.29, 0.717) is 0 Å². The van der Waals surface area contributed by atoms with Crippen LogP contribution in [-0.2, 0) is 6.42 Å². The third-order valence-electron chi connectivity index (χ3n) is 2.94. The molecule has 3 aromatic rings. The Kier molecular flexibility index (Phi) is 3.21. The Bertz CT molecular complexity index is 675. The molecule has 1 N–H and O–H groups in total. The number of oxazole rings is 1. The van der Waals surface area contributed by atoms with Gasteiger partial charge in [0.15, 0.2) is 11.5 Å². The standard InChI is InChI=1S/C14H15N3OS/c1-3-13-17-11-8-10(4-5-12(11)18-13)16-9(2)14-15-6-7-19-14/h4-9,16H,3H2,1-2H3. The minimum absolute atomic E-state index is 0.190. The lowest BCUT2D eigenvalue weighted by Gasteiger charge is -2.12. The molecule has 0 aliphatic rings. The molecule has 0 bridgehead atoms. The zero-order valence-corrected chi connectivity index (χ0v) is 11.7. The summed E-state index contributed by atoms with van der Waals surface area (Å²) >= 11 is 1.65. The van der Waals surface area contributed by atoms with Crippen molar-refractivity contribution in [3.8, 4) is 0 Å². The van der Waals surface area contributed by atoms with Crippen molar-refractivity contribution in [3.05, 3.63) is 40.7 Å². The summed E-state index contributed by atoms with van der Waals surface area (Å²) in [6, 6.07) is 6.17. The van der Waals surface area contributed by atoms with Crippen LogP contribution in [0.3, 0.4) is 0 Å². The molecule has 98 valence electrons. The largest absolute Gasteiger partial charge is 0.441 e. The van der Waals surface area contributed by atoms with E-state index in [1.54, 1.807) is 11.3 Å². The van der Waals surface area contributed by atoms with E-state index in [-0.39, 0.29) is 6.04 Å². The topological polar surface area (TPSA) is 51.0 Å². The highest BCUT2D eigenvalue weighted by molar-refractivity contribution is 7.09. The summed E-state index contributed by atoms with van der Waals surface area (Å²) in [5.41, 5.74) is 2.77. The van der Waals surface area contributed by atoms with Crippen LogP contribution in [0.2, 0.25) is 0 Å². The van der Waals surface area contributed by atoms with E-state index in [4.69, 9.17) is 4.42 Å². The molecule has 1 atom stereocenters. The lowest BCUT2D eigenvalue weighted by Crippen LogP contribution is -2.05. The van der Waals surface area contributed by atoms with E-state index < -0.39 is 0 Å². The molecule has 19 heavy (non-hydrogen) atoms. The van der Waals surface area contributed by atoms with Crippen LogP contribution < -0.4 is 5.32 Å². The van der Waals surface area contributed by atoms with Crippen LogP contribution >= 0.6 is 11.3 Å².